The molecule has 1 N–H and O–H groups in total. The van der Waals surface area contributed by atoms with Crippen LogP contribution in [0.1, 0.15) is 25.0 Å². The van der Waals surface area contributed by atoms with Crippen LogP contribution in [-0.4, -0.2) is 43.8 Å². The van der Waals surface area contributed by atoms with Crippen molar-refractivity contribution >= 4 is 0 Å². The van der Waals surface area contributed by atoms with E-state index in [-0.39, 0.29) is 0 Å². The minimum Gasteiger partial charge on any atom is -0.373 e. The average molecular weight is 262 g/mol. The van der Waals surface area contributed by atoms with Crippen molar-refractivity contribution in [1.82, 2.24) is 10.2 Å². The summed E-state index contributed by atoms with van der Waals surface area (Å²) in [5.74, 6) is 0. The quantitative estimate of drug-likeness (QED) is 0.879. The van der Waals surface area contributed by atoms with Gasteiger partial charge in [-0.3, -0.25) is 4.90 Å². The van der Waals surface area contributed by atoms with E-state index in [1.54, 1.807) is 0 Å². The standard InChI is InChI=1S/C16H26N2O/c1-13-10-18(11-14(2)19-13)12-16-7-5-4-6-15(16)8-9-17-3/h4-7,13-14,17H,8-12H2,1-3H3. The average Bonchev–Trinajstić information content (AvgIpc) is 2.36. The Kier molecular flexibility index (Phi) is 5.37. The van der Waals surface area contributed by atoms with E-state index in [0.29, 0.717) is 12.2 Å². The molecule has 2 rings (SSSR count). The number of nitrogens with zero attached hydrogens (tertiary/aromatic N) is 1. The molecule has 1 aliphatic rings. The molecule has 0 bridgehead atoms. The van der Waals surface area contributed by atoms with Gasteiger partial charge in [-0.25, -0.2) is 0 Å². The van der Waals surface area contributed by atoms with Crippen molar-refractivity contribution in [3.8, 4) is 0 Å². The Bertz CT molecular complexity index is 384. The van der Waals surface area contributed by atoms with Crippen LogP contribution in [0.25, 0.3) is 0 Å². The van der Waals surface area contributed by atoms with Gasteiger partial charge in [0.25, 0.3) is 0 Å². The van der Waals surface area contributed by atoms with E-state index in [1.807, 2.05) is 7.05 Å². The van der Waals surface area contributed by atoms with Crippen molar-refractivity contribution in [2.45, 2.75) is 39.0 Å². The molecule has 106 valence electrons. The summed E-state index contributed by atoms with van der Waals surface area (Å²) in [5.41, 5.74) is 2.92. The van der Waals surface area contributed by atoms with Gasteiger partial charge in [0.2, 0.25) is 0 Å². The molecule has 19 heavy (non-hydrogen) atoms. The van der Waals surface area contributed by atoms with Gasteiger partial charge in [-0.05, 0) is 45.0 Å². The number of hydrogen-bond acceptors (Lipinski definition) is 3. The number of ether oxygens (including phenoxy) is 1. The van der Waals surface area contributed by atoms with Gasteiger partial charge in [0.05, 0.1) is 12.2 Å². The summed E-state index contributed by atoms with van der Waals surface area (Å²) in [6, 6.07) is 8.79. The summed E-state index contributed by atoms with van der Waals surface area (Å²) < 4.78 is 5.80. The number of morpholine rings is 1. The van der Waals surface area contributed by atoms with Crippen LogP contribution in [0, 0.1) is 0 Å². The molecule has 0 saturated carbocycles. The molecular formula is C16H26N2O. The molecule has 0 radical (unpaired) electrons. The van der Waals surface area contributed by atoms with Crippen molar-refractivity contribution in [3.63, 3.8) is 0 Å². The first-order chi connectivity index (χ1) is 9.19. The van der Waals surface area contributed by atoms with E-state index >= 15 is 0 Å². The maximum atomic E-state index is 5.80. The molecule has 0 amide bonds. The van der Waals surface area contributed by atoms with Crippen molar-refractivity contribution < 1.29 is 4.74 Å². The SMILES string of the molecule is CNCCc1ccccc1CN1CC(C)OC(C)C1. The van der Waals surface area contributed by atoms with Gasteiger partial charge < -0.3 is 10.1 Å². The summed E-state index contributed by atoms with van der Waals surface area (Å²) in [4.78, 5) is 2.51. The van der Waals surface area contributed by atoms with E-state index in [4.69, 9.17) is 4.74 Å². The van der Waals surface area contributed by atoms with E-state index in [2.05, 4.69) is 48.3 Å². The van der Waals surface area contributed by atoms with Gasteiger partial charge in [-0.2, -0.15) is 0 Å². The molecule has 1 aromatic carbocycles. The van der Waals surface area contributed by atoms with Crippen LogP contribution in [0.4, 0.5) is 0 Å². The summed E-state index contributed by atoms with van der Waals surface area (Å²) >= 11 is 0. The van der Waals surface area contributed by atoms with Crippen molar-refractivity contribution in [2.75, 3.05) is 26.7 Å². The predicted molar refractivity (Wildman–Crippen MR) is 79.4 cm³/mol. The molecule has 0 aromatic heterocycles. The fourth-order valence-electron chi connectivity index (χ4n) is 2.87. The Morgan fingerprint density at radius 3 is 2.42 bits per heavy atom. The number of likely N-dealkylation sites (N-methyl/N-ethyl adjacent to an activating group) is 1. The van der Waals surface area contributed by atoms with Crippen molar-refractivity contribution in [1.29, 1.82) is 0 Å². The van der Waals surface area contributed by atoms with Gasteiger partial charge in [-0.15, -0.1) is 0 Å². The summed E-state index contributed by atoms with van der Waals surface area (Å²) in [6.07, 6.45) is 1.78. The monoisotopic (exact) mass is 262 g/mol. The molecule has 3 heteroatoms. The van der Waals surface area contributed by atoms with Crippen LogP contribution in [0.2, 0.25) is 0 Å². The molecule has 2 unspecified atom stereocenters. The second-order valence-electron chi connectivity index (χ2n) is 5.57. The van der Waals surface area contributed by atoms with E-state index in [0.717, 1.165) is 32.6 Å². The first-order valence-corrected chi connectivity index (χ1v) is 7.28. The number of hydrogen-bond donors (Lipinski definition) is 1. The van der Waals surface area contributed by atoms with Gasteiger partial charge in [-0.1, -0.05) is 24.3 Å². The summed E-state index contributed by atoms with van der Waals surface area (Å²) in [5, 5.41) is 3.23. The highest BCUT2D eigenvalue weighted by Crippen LogP contribution is 2.17. The molecule has 1 aliphatic heterocycles. The highest BCUT2D eigenvalue weighted by Gasteiger charge is 2.22. The fourth-order valence-corrected chi connectivity index (χ4v) is 2.87. The van der Waals surface area contributed by atoms with E-state index in [9.17, 15) is 0 Å². The van der Waals surface area contributed by atoms with Crippen molar-refractivity contribution in [2.24, 2.45) is 0 Å². The Morgan fingerprint density at radius 1 is 1.16 bits per heavy atom. The predicted octanol–water partition coefficient (Wildman–Crippen LogP) is 2.06. The minimum atomic E-state index is 0.341. The Morgan fingerprint density at radius 2 is 1.79 bits per heavy atom. The highest BCUT2D eigenvalue weighted by molar-refractivity contribution is 5.27. The third-order valence-electron chi connectivity index (χ3n) is 3.65. The first kappa shape index (κ1) is 14.5. The van der Waals surface area contributed by atoms with Crippen LogP contribution < -0.4 is 5.32 Å². The Labute approximate surface area is 116 Å². The largest absolute Gasteiger partial charge is 0.373 e. The number of rotatable bonds is 5. The lowest BCUT2D eigenvalue weighted by molar-refractivity contribution is -0.0705. The normalized spacial score (nSPS) is 24.6. The lowest BCUT2D eigenvalue weighted by Gasteiger charge is -2.35. The zero-order valence-corrected chi connectivity index (χ0v) is 12.4. The van der Waals surface area contributed by atoms with Crippen LogP contribution in [0.5, 0.6) is 0 Å². The lowest BCUT2D eigenvalue weighted by atomic mass is 10.0. The summed E-state index contributed by atoms with van der Waals surface area (Å²) in [7, 11) is 2.01. The maximum absolute atomic E-state index is 5.80. The zero-order valence-electron chi connectivity index (χ0n) is 12.4. The maximum Gasteiger partial charge on any atom is 0.0678 e. The fraction of sp³-hybridized carbons (Fsp3) is 0.625. The molecule has 0 spiro atoms. The summed E-state index contributed by atoms with van der Waals surface area (Å²) in [6.45, 7) is 8.46. The Balaban J connectivity index is 2.01. The van der Waals surface area contributed by atoms with Gasteiger partial charge in [0, 0.05) is 19.6 Å². The number of benzene rings is 1. The van der Waals surface area contributed by atoms with Crippen molar-refractivity contribution in [3.05, 3.63) is 35.4 Å². The third kappa shape index (κ3) is 4.30. The van der Waals surface area contributed by atoms with Crippen LogP contribution >= 0.6 is 0 Å². The molecular weight excluding hydrogens is 236 g/mol. The molecule has 1 fully saturated rings. The highest BCUT2D eigenvalue weighted by atomic mass is 16.5. The molecule has 0 aliphatic carbocycles. The topological polar surface area (TPSA) is 24.5 Å². The van der Waals surface area contributed by atoms with Gasteiger partial charge in [0.1, 0.15) is 0 Å². The second-order valence-corrected chi connectivity index (χ2v) is 5.57. The Hall–Kier alpha value is -0.900. The van der Waals surface area contributed by atoms with E-state index < -0.39 is 0 Å². The van der Waals surface area contributed by atoms with Gasteiger partial charge >= 0.3 is 0 Å². The van der Waals surface area contributed by atoms with Crippen LogP contribution in [0.3, 0.4) is 0 Å². The molecule has 2 atom stereocenters. The lowest BCUT2D eigenvalue weighted by Crippen LogP contribution is -2.44. The minimum absolute atomic E-state index is 0.341. The number of nitrogens with one attached hydrogen (secondary N) is 1. The molecule has 3 nitrogen and oxygen atoms in total. The second kappa shape index (κ2) is 7.04. The van der Waals surface area contributed by atoms with Crippen LogP contribution in [0.15, 0.2) is 24.3 Å². The van der Waals surface area contributed by atoms with Crippen LogP contribution in [-0.2, 0) is 17.7 Å². The zero-order chi connectivity index (χ0) is 13.7. The van der Waals surface area contributed by atoms with E-state index in [1.165, 1.54) is 11.1 Å². The first-order valence-electron chi connectivity index (χ1n) is 7.28. The molecule has 1 heterocycles. The van der Waals surface area contributed by atoms with Gasteiger partial charge in [0.15, 0.2) is 0 Å². The third-order valence-corrected chi connectivity index (χ3v) is 3.65. The molecule has 1 aromatic rings. The smallest absolute Gasteiger partial charge is 0.0678 e. The molecule has 1 saturated heterocycles.